The minimum atomic E-state index is 0.367. The molecule has 2 aromatic rings. The minimum Gasteiger partial charge on any atom is -0.313 e. The molecule has 98 valence electrons. The highest BCUT2D eigenvalue weighted by molar-refractivity contribution is 14.1. The van der Waals surface area contributed by atoms with Crippen LogP contribution in [0.1, 0.15) is 29.9 Å². The van der Waals surface area contributed by atoms with Crippen LogP contribution in [-0.2, 0) is 13.0 Å². The van der Waals surface area contributed by atoms with Gasteiger partial charge in [-0.15, -0.1) is 11.3 Å². The lowest BCUT2D eigenvalue weighted by Gasteiger charge is -2.15. The summed E-state index contributed by atoms with van der Waals surface area (Å²) in [7, 11) is 2.02. The Hall–Kier alpha value is -0.400. The van der Waals surface area contributed by atoms with E-state index in [4.69, 9.17) is 0 Å². The molecule has 0 amide bonds. The van der Waals surface area contributed by atoms with Crippen LogP contribution in [0, 0.1) is 9.81 Å². The van der Waals surface area contributed by atoms with E-state index in [1.807, 2.05) is 7.05 Å². The van der Waals surface area contributed by atoms with Gasteiger partial charge in [0.05, 0.1) is 8.58 Å². The molecule has 18 heavy (non-hydrogen) atoms. The summed E-state index contributed by atoms with van der Waals surface area (Å²) in [6.07, 6.45) is 0.984. The molecule has 1 N–H and O–H groups in total. The first-order valence-corrected chi connectivity index (χ1v) is 8.04. The fourth-order valence-corrected chi connectivity index (χ4v) is 3.57. The molecule has 0 bridgehead atoms. The molecule has 2 heterocycles. The van der Waals surface area contributed by atoms with Crippen molar-refractivity contribution in [2.45, 2.75) is 32.9 Å². The van der Waals surface area contributed by atoms with Crippen molar-refractivity contribution < 1.29 is 0 Å². The summed E-state index contributed by atoms with van der Waals surface area (Å²) in [5.41, 5.74) is 3.77. The van der Waals surface area contributed by atoms with Crippen LogP contribution in [0.4, 0.5) is 0 Å². The second kappa shape index (κ2) is 6.16. The van der Waals surface area contributed by atoms with Crippen LogP contribution < -0.4 is 5.32 Å². The Balaban J connectivity index is 2.19. The summed E-state index contributed by atoms with van der Waals surface area (Å²) in [5.74, 6) is 0. The van der Waals surface area contributed by atoms with E-state index in [9.17, 15) is 0 Å². The van der Waals surface area contributed by atoms with Crippen molar-refractivity contribution in [3.8, 4) is 0 Å². The predicted molar refractivity (Wildman–Crippen MR) is 85.2 cm³/mol. The highest BCUT2D eigenvalue weighted by Gasteiger charge is 2.15. The summed E-state index contributed by atoms with van der Waals surface area (Å²) in [5, 5.41) is 10.1. The first-order chi connectivity index (χ1) is 8.63. The largest absolute Gasteiger partial charge is 0.313 e. The molecule has 0 radical (unpaired) electrons. The zero-order chi connectivity index (χ0) is 13.1. The second-order valence-corrected chi connectivity index (χ2v) is 7.13. The molecule has 0 aliphatic carbocycles. The van der Waals surface area contributed by atoms with Gasteiger partial charge in [0.15, 0.2) is 0 Å². The average molecular weight is 375 g/mol. The number of likely N-dealkylation sites (N-methyl/N-ethyl adjacent to an activating group) is 1. The first kappa shape index (κ1) is 14.0. The number of nitrogens with one attached hydrogen (secondary N) is 1. The van der Waals surface area contributed by atoms with E-state index in [2.05, 4.69) is 69.0 Å². The number of halogens is 1. The highest BCUT2D eigenvalue weighted by atomic mass is 127. The van der Waals surface area contributed by atoms with E-state index in [1.54, 1.807) is 11.3 Å². The van der Waals surface area contributed by atoms with Gasteiger partial charge in [-0.1, -0.05) is 0 Å². The van der Waals surface area contributed by atoms with Crippen molar-refractivity contribution in [3.63, 3.8) is 0 Å². The van der Waals surface area contributed by atoms with Gasteiger partial charge in [0.2, 0.25) is 0 Å². The number of thiophene rings is 1. The second-order valence-electron chi connectivity index (χ2n) is 4.32. The van der Waals surface area contributed by atoms with Crippen LogP contribution in [0.25, 0.3) is 0 Å². The van der Waals surface area contributed by atoms with Crippen LogP contribution in [-0.4, -0.2) is 16.8 Å². The molecular weight excluding hydrogens is 357 g/mol. The van der Waals surface area contributed by atoms with Gasteiger partial charge in [-0.05, 0) is 66.6 Å². The third-order valence-corrected chi connectivity index (χ3v) is 4.84. The third-order valence-electron chi connectivity index (χ3n) is 3.04. The van der Waals surface area contributed by atoms with Crippen LogP contribution in [0.5, 0.6) is 0 Å². The number of rotatable bonds is 5. The molecule has 0 saturated carbocycles. The molecule has 2 aromatic heterocycles. The summed E-state index contributed by atoms with van der Waals surface area (Å²) in [6, 6.07) is 4.81. The average Bonchev–Trinajstić information content (AvgIpc) is 2.92. The van der Waals surface area contributed by atoms with E-state index < -0.39 is 0 Å². The Kier molecular flexibility index (Phi) is 4.80. The Labute approximate surface area is 126 Å². The monoisotopic (exact) mass is 375 g/mol. The van der Waals surface area contributed by atoms with Gasteiger partial charge in [-0.25, -0.2) is 0 Å². The lowest BCUT2D eigenvalue weighted by Crippen LogP contribution is -2.20. The zero-order valence-electron chi connectivity index (χ0n) is 10.9. The standard InChI is InChI=1S/C13H18IN3S/c1-4-17-11(5-9(2)16-17)7-12(15-3)10-6-13(14)18-8-10/h5-6,8,12,15H,4,7H2,1-3H3. The molecule has 0 saturated heterocycles. The Bertz CT molecular complexity index is 518. The SMILES string of the molecule is CCn1nc(C)cc1CC(NC)c1csc(I)c1. The quantitative estimate of drug-likeness (QED) is 0.813. The number of hydrogen-bond donors (Lipinski definition) is 1. The Morgan fingerprint density at radius 1 is 1.50 bits per heavy atom. The Morgan fingerprint density at radius 2 is 2.28 bits per heavy atom. The van der Waals surface area contributed by atoms with Crippen molar-refractivity contribution in [1.82, 2.24) is 15.1 Å². The molecule has 1 unspecified atom stereocenters. The van der Waals surface area contributed by atoms with Crippen LogP contribution in [0.15, 0.2) is 17.5 Å². The van der Waals surface area contributed by atoms with Crippen LogP contribution in [0.2, 0.25) is 0 Å². The lowest BCUT2D eigenvalue weighted by atomic mass is 10.1. The summed E-state index contributed by atoms with van der Waals surface area (Å²) >= 11 is 4.17. The first-order valence-electron chi connectivity index (χ1n) is 6.08. The molecule has 1 atom stereocenters. The molecule has 0 fully saturated rings. The van der Waals surface area contributed by atoms with Crippen LogP contribution >= 0.6 is 33.9 Å². The normalized spacial score (nSPS) is 12.9. The topological polar surface area (TPSA) is 29.9 Å². The molecule has 0 aliphatic rings. The van der Waals surface area contributed by atoms with E-state index >= 15 is 0 Å². The van der Waals surface area contributed by atoms with E-state index in [0.717, 1.165) is 18.7 Å². The zero-order valence-corrected chi connectivity index (χ0v) is 13.9. The summed E-state index contributed by atoms with van der Waals surface area (Å²) in [6.45, 7) is 5.12. The van der Waals surface area contributed by atoms with Crippen molar-refractivity contribution in [2.24, 2.45) is 0 Å². The molecule has 0 aliphatic heterocycles. The molecule has 3 nitrogen and oxygen atoms in total. The van der Waals surface area contributed by atoms with Crippen molar-refractivity contribution in [2.75, 3.05) is 7.05 Å². The summed E-state index contributed by atoms with van der Waals surface area (Å²) < 4.78 is 3.43. The number of aromatic nitrogens is 2. The van der Waals surface area contributed by atoms with Crippen molar-refractivity contribution in [3.05, 3.63) is 37.3 Å². The maximum atomic E-state index is 4.51. The van der Waals surface area contributed by atoms with Gasteiger partial charge in [0.1, 0.15) is 0 Å². The van der Waals surface area contributed by atoms with Crippen molar-refractivity contribution in [1.29, 1.82) is 0 Å². The predicted octanol–water partition coefficient (Wildman–Crippen LogP) is 3.38. The highest BCUT2D eigenvalue weighted by Crippen LogP contribution is 2.25. The van der Waals surface area contributed by atoms with E-state index in [-0.39, 0.29) is 0 Å². The number of aryl methyl sites for hydroxylation is 2. The number of hydrogen-bond acceptors (Lipinski definition) is 3. The van der Waals surface area contributed by atoms with Gasteiger partial charge < -0.3 is 5.32 Å². The molecule has 0 spiro atoms. The van der Waals surface area contributed by atoms with Crippen LogP contribution in [0.3, 0.4) is 0 Å². The summed E-state index contributed by atoms with van der Waals surface area (Å²) in [4.78, 5) is 0. The maximum Gasteiger partial charge on any atom is 0.0656 e. The molecular formula is C13H18IN3S. The van der Waals surface area contributed by atoms with Gasteiger partial charge in [-0.2, -0.15) is 5.10 Å². The van der Waals surface area contributed by atoms with Gasteiger partial charge >= 0.3 is 0 Å². The fraction of sp³-hybridized carbons (Fsp3) is 0.462. The molecule has 2 rings (SSSR count). The third kappa shape index (κ3) is 3.13. The van der Waals surface area contributed by atoms with Gasteiger partial charge in [-0.3, -0.25) is 4.68 Å². The molecule has 0 aromatic carbocycles. The molecule has 5 heteroatoms. The van der Waals surface area contributed by atoms with Gasteiger partial charge in [0, 0.05) is 24.7 Å². The van der Waals surface area contributed by atoms with E-state index in [0.29, 0.717) is 6.04 Å². The smallest absolute Gasteiger partial charge is 0.0656 e. The Morgan fingerprint density at radius 3 is 2.83 bits per heavy atom. The minimum absolute atomic E-state index is 0.367. The maximum absolute atomic E-state index is 4.51. The van der Waals surface area contributed by atoms with E-state index in [1.165, 1.54) is 14.1 Å². The number of nitrogens with zero attached hydrogens (tertiary/aromatic N) is 2. The van der Waals surface area contributed by atoms with Crippen molar-refractivity contribution >= 4 is 33.9 Å². The lowest BCUT2D eigenvalue weighted by molar-refractivity contribution is 0.542. The van der Waals surface area contributed by atoms with Gasteiger partial charge in [0.25, 0.3) is 0 Å². The fourth-order valence-electron chi connectivity index (χ4n) is 2.14.